The van der Waals surface area contributed by atoms with Gasteiger partial charge in [-0.25, -0.2) is 8.78 Å². The number of aromatic nitrogens is 1. The highest BCUT2D eigenvalue weighted by atomic mass is 79.9. The Hall–Kier alpha value is -3.83. The van der Waals surface area contributed by atoms with E-state index in [-0.39, 0.29) is 11.6 Å². The molecule has 1 aliphatic heterocycles. The molecule has 2 heterocycles. The maximum Gasteiger partial charge on any atom is 0.212 e. The Kier molecular flexibility index (Phi) is 6.66. The average molecular weight is 542 g/mol. The molecule has 0 N–H and O–H groups in total. The monoisotopic (exact) mass is 541 g/mol. The molecule has 4 aromatic rings. The summed E-state index contributed by atoms with van der Waals surface area (Å²) in [6, 6.07) is 21.8. The number of nitrogens with zero attached hydrogens (tertiary/aromatic N) is 2. The second-order valence-corrected chi connectivity index (χ2v) is 9.59. The highest BCUT2D eigenvalue weighted by molar-refractivity contribution is 9.10. The molecule has 1 aliphatic rings. The van der Waals surface area contributed by atoms with Crippen LogP contribution in [0.5, 0.6) is 0 Å². The molecule has 1 aromatic heterocycles. The Bertz CT molecular complexity index is 1580. The number of allylic oxidation sites excluding steroid dienone is 5. The molecular weight excluding hydrogens is 518 g/mol. The molecule has 5 heteroatoms. The predicted octanol–water partition coefficient (Wildman–Crippen LogP) is 7.85. The summed E-state index contributed by atoms with van der Waals surface area (Å²) in [5, 5.41) is 0.857. The molecule has 0 unspecified atom stereocenters. The van der Waals surface area contributed by atoms with Crippen molar-refractivity contribution >= 4 is 50.2 Å². The molecule has 178 valence electrons. The molecule has 36 heavy (non-hydrogen) atoms. The van der Waals surface area contributed by atoms with E-state index in [1.165, 1.54) is 12.1 Å². The van der Waals surface area contributed by atoms with E-state index < -0.39 is 0 Å². The van der Waals surface area contributed by atoms with E-state index in [0.29, 0.717) is 0 Å². The summed E-state index contributed by atoms with van der Waals surface area (Å²) in [5.41, 5.74) is 6.86. The molecule has 2 nitrogen and oxygen atoms in total. The molecule has 0 aliphatic carbocycles. The van der Waals surface area contributed by atoms with Crippen LogP contribution >= 0.6 is 15.9 Å². The first kappa shape index (κ1) is 23.9. The Labute approximate surface area is 218 Å². The third kappa shape index (κ3) is 4.93. The van der Waals surface area contributed by atoms with Crippen LogP contribution in [-0.2, 0) is 7.05 Å². The predicted molar refractivity (Wildman–Crippen MR) is 148 cm³/mol. The minimum absolute atomic E-state index is 0.242. The number of halogens is 3. The lowest BCUT2D eigenvalue weighted by atomic mass is 10.0. The molecule has 0 bridgehead atoms. The van der Waals surface area contributed by atoms with Crippen molar-refractivity contribution in [3.05, 3.63) is 136 Å². The lowest BCUT2D eigenvalue weighted by Gasteiger charge is -2.26. The summed E-state index contributed by atoms with van der Waals surface area (Å²) >= 11 is 3.52. The number of benzene rings is 3. The van der Waals surface area contributed by atoms with Crippen molar-refractivity contribution in [2.45, 2.75) is 0 Å². The second kappa shape index (κ2) is 10.0. The van der Waals surface area contributed by atoms with Crippen LogP contribution in [0.3, 0.4) is 0 Å². The fourth-order valence-electron chi connectivity index (χ4n) is 4.36. The van der Waals surface area contributed by atoms with Crippen molar-refractivity contribution in [3.63, 3.8) is 0 Å². The zero-order chi connectivity index (χ0) is 25.2. The molecule has 0 amide bonds. The minimum Gasteiger partial charge on any atom is -0.344 e. The van der Waals surface area contributed by atoms with E-state index in [4.69, 9.17) is 0 Å². The van der Waals surface area contributed by atoms with Crippen LogP contribution in [-0.4, -0.2) is 7.05 Å². The lowest BCUT2D eigenvalue weighted by Crippen LogP contribution is -2.32. The lowest BCUT2D eigenvalue weighted by molar-refractivity contribution is -0.646. The quantitative estimate of drug-likeness (QED) is 0.188. The summed E-state index contributed by atoms with van der Waals surface area (Å²) in [6.07, 6.45) is 12.2. The van der Waals surface area contributed by atoms with Gasteiger partial charge in [-0.3, -0.25) is 0 Å². The third-order valence-electron chi connectivity index (χ3n) is 6.39. The van der Waals surface area contributed by atoms with Crippen LogP contribution in [0.1, 0.15) is 16.8 Å². The summed E-state index contributed by atoms with van der Waals surface area (Å²) in [6.45, 7) is 0. The van der Waals surface area contributed by atoms with Gasteiger partial charge in [0.15, 0.2) is 0 Å². The zero-order valence-corrected chi connectivity index (χ0v) is 21.5. The van der Waals surface area contributed by atoms with Gasteiger partial charge in [0.25, 0.3) is 0 Å². The van der Waals surface area contributed by atoms with Crippen LogP contribution in [0.2, 0.25) is 0 Å². The van der Waals surface area contributed by atoms with Gasteiger partial charge >= 0.3 is 0 Å². The largest absolute Gasteiger partial charge is 0.344 e. The van der Waals surface area contributed by atoms with Gasteiger partial charge in [0, 0.05) is 52.1 Å². The number of rotatable bonds is 4. The van der Waals surface area contributed by atoms with E-state index in [0.717, 1.165) is 49.2 Å². The third-order valence-corrected chi connectivity index (χ3v) is 6.92. The average Bonchev–Trinajstić information content (AvgIpc) is 2.87. The van der Waals surface area contributed by atoms with Crippen LogP contribution < -0.4 is 9.47 Å². The molecule has 0 spiro atoms. The van der Waals surface area contributed by atoms with Crippen molar-refractivity contribution in [1.82, 2.24) is 0 Å². The highest BCUT2D eigenvalue weighted by Gasteiger charge is 2.14. The zero-order valence-electron chi connectivity index (χ0n) is 19.9. The van der Waals surface area contributed by atoms with Gasteiger partial charge in [0.05, 0.1) is 0 Å². The summed E-state index contributed by atoms with van der Waals surface area (Å²) < 4.78 is 30.3. The molecule has 3 aromatic carbocycles. The minimum atomic E-state index is -0.242. The van der Waals surface area contributed by atoms with Crippen molar-refractivity contribution < 1.29 is 13.3 Å². The van der Waals surface area contributed by atoms with Gasteiger partial charge in [-0.2, -0.15) is 4.57 Å². The van der Waals surface area contributed by atoms with Crippen molar-refractivity contribution in [2.75, 3.05) is 11.9 Å². The highest BCUT2D eigenvalue weighted by Crippen LogP contribution is 2.30. The van der Waals surface area contributed by atoms with Gasteiger partial charge < -0.3 is 4.90 Å². The maximum atomic E-state index is 13.6. The molecular formula is C31H24BrF2N2+. The Balaban J connectivity index is 1.53. The molecule has 0 saturated heterocycles. The first-order chi connectivity index (χ1) is 17.4. The van der Waals surface area contributed by atoms with Crippen LogP contribution in [0.25, 0.3) is 28.6 Å². The number of aryl methyl sites for hydroxylation is 1. The van der Waals surface area contributed by atoms with E-state index in [1.54, 1.807) is 24.3 Å². The van der Waals surface area contributed by atoms with Crippen LogP contribution in [0, 0.1) is 11.6 Å². The van der Waals surface area contributed by atoms with Gasteiger partial charge in [-0.05, 0) is 77.9 Å². The SMILES string of the molecule is CN1/C(=C/C=C(/C=C/c2ccc3cc(F)ccc3[n+]2C)c2ccc(Br)cc2)C=Cc2cc(F)ccc21. The van der Waals surface area contributed by atoms with Gasteiger partial charge in [-0.1, -0.05) is 40.2 Å². The number of anilines is 1. The van der Waals surface area contributed by atoms with E-state index in [9.17, 15) is 8.78 Å². The van der Waals surface area contributed by atoms with Gasteiger partial charge in [0.1, 0.15) is 18.7 Å². The number of fused-ring (bicyclic) bond motifs is 2. The van der Waals surface area contributed by atoms with Gasteiger partial charge in [0.2, 0.25) is 11.2 Å². The summed E-state index contributed by atoms with van der Waals surface area (Å²) in [5.74, 6) is -0.484. The Morgan fingerprint density at radius 3 is 2.44 bits per heavy atom. The standard InChI is InChI=1S/C31H24BrF2N2/c1-35-28(15-7-23-19-26(33)11-17-30(23)35)13-5-22(21-3-9-25(32)10-4-21)6-14-29-16-8-24-20-27(34)12-18-31(24)36(29)2/h3-20H,1-2H3/q+1. The molecule has 0 fully saturated rings. The first-order valence-corrected chi connectivity index (χ1v) is 12.3. The number of hydrogen-bond donors (Lipinski definition) is 0. The summed E-state index contributed by atoms with van der Waals surface area (Å²) in [7, 11) is 3.96. The Morgan fingerprint density at radius 1 is 0.889 bits per heavy atom. The molecule has 0 radical (unpaired) electrons. The van der Waals surface area contributed by atoms with Crippen molar-refractivity contribution in [1.29, 1.82) is 0 Å². The number of pyridine rings is 1. The van der Waals surface area contributed by atoms with Crippen molar-refractivity contribution in [2.24, 2.45) is 7.05 Å². The fourth-order valence-corrected chi connectivity index (χ4v) is 4.62. The second-order valence-electron chi connectivity index (χ2n) is 8.67. The molecule has 0 saturated carbocycles. The number of likely N-dealkylation sites (N-methyl/N-ethyl adjacent to an activating group) is 1. The van der Waals surface area contributed by atoms with Gasteiger partial charge in [-0.15, -0.1) is 0 Å². The molecule has 5 rings (SSSR count). The van der Waals surface area contributed by atoms with Crippen LogP contribution in [0.4, 0.5) is 14.5 Å². The fraction of sp³-hybridized carbons (Fsp3) is 0.0645. The maximum absolute atomic E-state index is 13.6. The van der Waals surface area contributed by atoms with E-state index in [2.05, 4.69) is 61.8 Å². The molecule has 0 atom stereocenters. The first-order valence-electron chi connectivity index (χ1n) is 11.5. The van der Waals surface area contributed by atoms with Crippen molar-refractivity contribution in [3.8, 4) is 0 Å². The summed E-state index contributed by atoms with van der Waals surface area (Å²) in [4.78, 5) is 2.05. The Morgan fingerprint density at radius 2 is 1.64 bits per heavy atom. The number of hydrogen-bond acceptors (Lipinski definition) is 1. The normalized spacial score (nSPS) is 14.8. The smallest absolute Gasteiger partial charge is 0.212 e. The van der Waals surface area contributed by atoms with E-state index in [1.807, 2.05) is 50.5 Å². The van der Waals surface area contributed by atoms with Crippen LogP contribution in [0.15, 0.2) is 107 Å². The topological polar surface area (TPSA) is 7.12 Å². The van der Waals surface area contributed by atoms with E-state index >= 15 is 0 Å².